The Morgan fingerprint density at radius 2 is 1.91 bits per heavy atom. The van der Waals surface area contributed by atoms with Crippen molar-refractivity contribution in [2.45, 2.75) is 38.2 Å². The first-order chi connectivity index (χ1) is 16.1. The zero-order chi connectivity index (χ0) is 22.8. The van der Waals surface area contributed by atoms with Crippen molar-refractivity contribution in [2.24, 2.45) is 0 Å². The molecule has 33 heavy (non-hydrogen) atoms. The second-order valence-electron chi connectivity index (χ2n) is 8.12. The third-order valence-corrected chi connectivity index (χ3v) is 6.84. The summed E-state index contributed by atoms with van der Waals surface area (Å²) in [7, 11) is 0. The standard InChI is InChI=1S/C24H24N6O2S/c1-2-25-22(31)30-23-29-19-12-15(11-17(20(19)33-23)18-7-3-6-10-26-18)16-13-27-21(28-14-16)24(32)8-4-5-9-24/h3,6-7,10-14,32H,2,4-5,8-9H2,1H3,(H2,25,29,30,31). The summed E-state index contributed by atoms with van der Waals surface area (Å²) in [5.74, 6) is 0.483. The maximum absolute atomic E-state index is 12.0. The van der Waals surface area contributed by atoms with Gasteiger partial charge in [-0.05, 0) is 62.4 Å². The van der Waals surface area contributed by atoms with Gasteiger partial charge in [-0.15, -0.1) is 0 Å². The molecule has 0 bridgehead atoms. The Hall–Kier alpha value is -3.43. The van der Waals surface area contributed by atoms with Crippen LogP contribution in [0.5, 0.6) is 0 Å². The van der Waals surface area contributed by atoms with Gasteiger partial charge in [0.2, 0.25) is 0 Å². The number of anilines is 1. The SMILES string of the molecule is CCNC(=O)Nc1nc2cc(-c3cnc(C4(O)CCCC4)nc3)cc(-c3ccccn3)c2s1. The van der Waals surface area contributed by atoms with Crippen molar-refractivity contribution >= 4 is 32.7 Å². The average molecular weight is 461 g/mol. The molecule has 5 rings (SSSR count). The van der Waals surface area contributed by atoms with Crippen LogP contribution < -0.4 is 10.6 Å². The van der Waals surface area contributed by atoms with Crippen molar-refractivity contribution in [1.29, 1.82) is 0 Å². The molecule has 8 nitrogen and oxygen atoms in total. The van der Waals surface area contributed by atoms with Crippen LogP contribution in [-0.2, 0) is 5.60 Å². The van der Waals surface area contributed by atoms with Gasteiger partial charge in [-0.2, -0.15) is 0 Å². The minimum Gasteiger partial charge on any atom is -0.382 e. The Balaban J connectivity index is 1.57. The largest absolute Gasteiger partial charge is 0.382 e. The number of urea groups is 1. The number of aliphatic hydroxyl groups is 1. The Morgan fingerprint density at radius 1 is 1.12 bits per heavy atom. The Labute approximate surface area is 195 Å². The maximum Gasteiger partial charge on any atom is 0.321 e. The van der Waals surface area contributed by atoms with E-state index in [1.165, 1.54) is 11.3 Å². The number of carbonyl (C=O) groups excluding carboxylic acids is 1. The van der Waals surface area contributed by atoms with Gasteiger partial charge < -0.3 is 10.4 Å². The van der Waals surface area contributed by atoms with Gasteiger partial charge in [-0.25, -0.2) is 19.7 Å². The molecule has 1 saturated carbocycles. The van der Waals surface area contributed by atoms with Crippen LogP contribution in [0, 0.1) is 0 Å². The second kappa shape index (κ2) is 8.84. The number of nitrogens with one attached hydrogen (secondary N) is 2. The number of amides is 2. The lowest BCUT2D eigenvalue weighted by Crippen LogP contribution is -2.28. The summed E-state index contributed by atoms with van der Waals surface area (Å²) in [6, 6.07) is 9.48. The first-order valence-electron chi connectivity index (χ1n) is 11.0. The molecular formula is C24H24N6O2S. The van der Waals surface area contributed by atoms with E-state index in [1.54, 1.807) is 18.6 Å². The average Bonchev–Trinajstić information content (AvgIpc) is 3.45. The number of aromatic nitrogens is 4. The van der Waals surface area contributed by atoms with E-state index >= 15 is 0 Å². The molecule has 2 amide bonds. The van der Waals surface area contributed by atoms with Crippen LogP contribution >= 0.6 is 11.3 Å². The highest BCUT2D eigenvalue weighted by Crippen LogP contribution is 2.39. The number of hydrogen-bond acceptors (Lipinski definition) is 7. The Kier molecular flexibility index (Phi) is 5.74. The predicted octanol–water partition coefficient (Wildman–Crippen LogP) is 4.72. The quantitative estimate of drug-likeness (QED) is 0.397. The summed E-state index contributed by atoms with van der Waals surface area (Å²) < 4.78 is 0.932. The lowest BCUT2D eigenvalue weighted by atomic mass is 10.0. The highest BCUT2D eigenvalue weighted by molar-refractivity contribution is 7.22. The predicted molar refractivity (Wildman–Crippen MR) is 129 cm³/mol. The first kappa shape index (κ1) is 21.4. The van der Waals surface area contributed by atoms with Crippen LogP contribution in [0.4, 0.5) is 9.93 Å². The van der Waals surface area contributed by atoms with E-state index in [1.807, 2.05) is 37.3 Å². The van der Waals surface area contributed by atoms with Gasteiger partial charge in [0.15, 0.2) is 11.0 Å². The van der Waals surface area contributed by atoms with Gasteiger partial charge in [-0.1, -0.05) is 17.4 Å². The molecule has 0 aliphatic heterocycles. The van der Waals surface area contributed by atoms with E-state index < -0.39 is 5.60 Å². The third-order valence-electron chi connectivity index (χ3n) is 5.82. The summed E-state index contributed by atoms with van der Waals surface area (Å²) in [6.07, 6.45) is 8.63. The van der Waals surface area contributed by atoms with Crippen molar-refractivity contribution < 1.29 is 9.90 Å². The minimum atomic E-state index is -0.920. The van der Waals surface area contributed by atoms with Crippen LogP contribution in [-0.4, -0.2) is 37.6 Å². The van der Waals surface area contributed by atoms with Gasteiger partial charge in [0.25, 0.3) is 0 Å². The molecule has 1 aromatic carbocycles. The molecule has 0 unspecified atom stereocenters. The summed E-state index contributed by atoms with van der Waals surface area (Å²) in [5.41, 5.74) is 3.28. The molecule has 1 aliphatic carbocycles. The van der Waals surface area contributed by atoms with E-state index in [0.29, 0.717) is 30.3 Å². The third kappa shape index (κ3) is 4.29. The maximum atomic E-state index is 12.0. The number of fused-ring (bicyclic) bond motifs is 1. The highest BCUT2D eigenvalue weighted by Gasteiger charge is 2.35. The number of rotatable bonds is 5. The molecule has 0 atom stereocenters. The lowest BCUT2D eigenvalue weighted by Gasteiger charge is -2.20. The first-order valence-corrected chi connectivity index (χ1v) is 11.8. The monoisotopic (exact) mass is 460 g/mol. The number of carbonyl (C=O) groups is 1. The lowest BCUT2D eigenvalue weighted by molar-refractivity contribution is 0.0351. The number of thiazole rings is 1. The number of pyridine rings is 1. The molecule has 168 valence electrons. The smallest absolute Gasteiger partial charge is 0.321 e. The van der Waals surface area contributed by atoms with Crippen LogP contribution in [0.1, 0.15) is 38.4 Å². The summed E-state index contributed by atoms with van der Waals surface area (Å²) in [5, 5.41) is 16.8. The van der Waals surface area contributed by atoms with Gasteiger partial charge in [0, 0.05) is 36.3 Å². The van der Waals surface area contributed by atoms with E-state index in [2.05, 4.69) is 30.6 Å². The van der Waals surface area contributed by atoms with E-state index in [0.717, 1.165) is 45.4 Å². The van der Waals surface area contributed by atoms with Crippen molar-refractivity contribution in [3.63, 3.8) is 0 Å². The number of nitrogens with zero attached hydrogens (tertiary/aromatic N) is 4. The zero-order valence-electron chi connectivity index (χ0n) is 18.2. The van der Waals surface area contributed by atoms with Gasteiger partial charge in [0.05, 0.1) is 15.9 Å². The molecule has 0 radical (unpaired) electrons. The summed E-state index contributed by atoms with van der Waals surface area (Å²) >= 11 is 1.41. The van der Waals surface area contributed by atoms with Gasteiger partial charge in [0.1, 0.15) is 5.60 Å². The molecule has 3 heterocycles. The van der Waals surface area contributed by atoms with Crippen LogP contribution in [0.2, 0.25) is 0 Å². The number of hydrogen-bond donors (Lipinski definition) is 3. The Bertz CT molecular complexity index is 1280. The second-order valence-corrected chi connectivity index (χ2v) is 9.12. The minimum absolute atomic E-state index is 0.287. The molecule has 3 N–H and O–H groups in total. The molecule has 9 heteroatoms. The topological polar surface area (TPSA) is 113 Å². The molecule has 4 aromatic rings. The van der Waals surface area contributed by atoms with Crippen molar-refractivity contribution in [3.05, 3.63) is 54.7 Å². The van der Waals surface area contributed by atoms with Crippen molar-refractivity contribution in [1.82, 2.24) is 25.3 Å². The van der Waals surface area contributed by atoms with Crippen LogP contribution in [0.15, 0.2) is 48.9 Å². The Morgan fingerprint density at radius 3 is 2.61 bits per heavy atom. The van der Waals surface area contributed by atoms with E-state index in [9.17, 15) is 9.90 Å². The fourth-order valence-electron chi connectivity index (χ4n) is 4.17. The summed E-state index contributed by atoms with van der Waals surface area (Å²) in [6.45, 7) is 2.40. The zero-order valence-corrected chi connectivity index (χ0v) is 19.0. The highest BCUT2D eigenvalue weighted by atomic mass is 32.1. The molecule has 1 aliphatic rings. The summed E-state index contributed by atoms with van der Waals surface area (Å²) in [4.78, 5) is 30.1. The van der Waals surface area contributed by atoms with E-state index in [4.69, 9.17) is 0 Å². The molecule has 3 aromatic heterocycles. The van der Waals surface area contributed by atoms with Gasteiger partial charge >= 0.3 is 6.03 Å². The number of benzene rings is 1. The molecule has 1 fully saturated rings. The van der Waals surface area contributed by atoms with E-state index in [-0.39, 0.29) is 6.03 Å². The fourth-order valence-corrected chi connectivity index (χ4v) is 5.13. The molecule has 0 spiro atoms. The normalized spacial score (nSPS) is 15.0. The van der Waals surface area contributed by atoms with Crippen molar-refractivity contribution in [3.8, 4) is 22.4 Å². The molecular weight excluding hydrogens is 436 g/mol. The van der Waals surface area contributed by atoms with Crippen LogP contribution in [0.3, 0.4) is 0 Å². The van der Waals surface area contributed by atoms with Crippen LogP contribution in [0.25, 0.3) is 32.6 Å². The fraction of sp³-hybridized carbons (Fsp3) is 0.292. The van der Waals surface area contributed by atoms with Crippen molar-refractivity contribution in [2.75, 3.05) is 11.9 Å². The van der Waals surface area contributed by atoms with Gasteiger partial charge in [-0.3, -0.25) is 10.3 Å². The molecule has 0 saturated heterocycles.